The Bertz CT molecular complexity index is 335. The molecule has 1 aromatic heterocycles. The predicted molar refractivity (Wildman–Crippen MR) is 62.7 cm³/mol. The van der Waals surface area contributed by atoms with E-state index in [1.807, 2.05) is 0 Å². The van der Waals surface area contributed by atoms with Gasteiger partial charge in [0.1, 0.15) is 12.2 Å². The molecule has 5 heteroatoms. The largest absolute Gasteiger partial charge is 0.326 e. The Morgan fingerprint density at radius 2 is 2.31 bits per heavy atom. The SMILES string of the molecule is CCC(C)C(N)CN1CCn2cnnc2C1. The van der Waals surface area contributed by atoms with Crippen LogP contribution in [0.4, 0.5) is 0 Å². The molecular formula is C11H21N5. The zero-order valence-electron chi connectivity index (χ0n) is 10.1. The molecule has 16 heavy (non-hydrogen) atoms. The van der Waals surface area contributed by atoms with Crippen LogP contribution in [0.2, 0.25) is 0 Å². The topological polar surface area (TPSA) is 60.0 Å². The average molecular weight is 223 g/mol. The van der Waals surface area contributed by atoms with Gasteiger partial charge in [-0.2, -0.15) is 0 Å². The number of nitrogens with two attached hydrogens (primary N) is 1. The van der Waals surface area contributed by atoms with Crippen molar-refractivity contribution in [3.63, 3.8) is 0 Å². The molecule has 0 saturated heterocycles. The van der Waals surface area contributed by atoms with Crippen molar-refractivity contribution >= 4 is 0 Å². The molecule has 2 unspecified atom stereocenters. The molecule has 90 valence electrons. The van der Waals surface area contributed by atoms with Crippen LogP contribution in [0.25, 0.3) is 0 Å². The Morgan fingerprint density at radius 3 is 3.06 bits per heavy atom. The first kappa shape index (κ1) is 11.5. The van der Waals surface area contributed by atoms with Gasteiger partial charge in [-0.25, -0.2) is 0 Å². The van der Waals surface area contributed by atoms with Gasteiger partial charge in [0.15, 0.2) is 0 Å². The van der Waals surface area contributed by atoms with Crippen LogP contribution in [0, 0.1) is 5.92 Å². The first-order chi connectivity index (χ1) is 7.70. The Labute approximate surface area is 96.6 Å². The normalized spacial score (nSPS) is 20.4. The van der Waals surface area contributed by atoms with Crippen LogP contribution in [-0.4, -0.2) is 38.8 Å². The molecule has 1 aliphatic rings. The van der Waals surface area contributed by atoms with E-state index in [1.165, 1.54) is 0 Å². The predicted octanol–water partition coefficient (Wildman–Crippen LogP) is 0.467. The molecule has 2 N–H and O–H groups in total. The lowest BCUT2D eigenvalue weighted by Gasteiger charge is -2.31. The number of rotatable bonds is 4. The van der Waals surface area contributed by atoms with E-state index in [2.05, 4.69) is 33.5 Å². The summed E-state index contributed by atoms with van der Waals surface area (Å²) in [4.78, 5) is 2.38. The van der Waals surface area contributed by atoms with Crippen molar-refractivity contribution in [1.82, 2.24) is 19.7 Å². The maximum Gasteiger partial charge on any atom is 0.147 e. The molecule has 2 atom stereocenters. The lowest BCUT2D eigenvalue weighted by molar-refractivity contribution is 0.188. The van der Waals surface area contributed by atoms with Crippen LogP contribution in [0.1, 0.15) is 26.1 Å². The van der Waals surface area contributed by atoms with Gasteiger partial charge in [0.05, 0.1) is 6.54 Å². The lowest BCUT2D eigenvalue weighted by atomic mass is 9.99. The van der Waals surface area contributed by atoms with Gasteiger partial charge in [-0.05, 0) is 5.92 Å². The smallest absolute Gasteiger partial charge is 0.147 e. The van der Waals surface area contributed by atoms with E-state index in [1.54, 1.807) is 6.33 Å². The Morgan fingerprint density at radius 1 is 1.50 bits per heavy atom. The van der Waals surface area contributed by atoms with E-state index in [-0.39, 0.29) is 6.04 Å². The van der Waals surface area contributed by atoms with E-state index in [4.69, 9.17) is 5.73 Å². The second-order valence-electron chi connectivity index (χ2n) is 4.73. The van der Waals surface area contributed by atoms with Crippen molar-refractivity contribution in [2.24, 2.45) is 11.7 Å². The first-order valence-electron chi connectivity index (χ1n) is 6.05. The van der Waals surface area contributed by atoms with Gasteiger partial charge < -0.3 is 10.3 Å². The van der Waals surface area contributed by atoms with Gasteiger partial charge in [0.2, 0.25) is 0 Å². The molecule has 0 amide bonds. The number of aromatic nitrogens is 3. The van der Waals surface area contributed by atoms with Crippen molar-refractivity contribution in [2.45, 2.75) is 39.4 Å². The highest BCUT2D eigenvalue weighted by Gasteiger charge is 2.20. The zero-order chi connectivity index (χ0) is 11.5. The van der Waals surface area contributed by atoms with E-state index in [9.17, 15) is 0 Å². The summed E-state index contributed by atoms with van der Waals surface area (Å²) in [5, 5.41) is 8.03. The summed E-state index contributed by atoms with van der Waals surface area (Å²) >= 11 is 0. The van der Waals surface area contributed by atoms with Crippen molar-refractivity contribution < 1.29 is 0 Å². The zero-order valence-corrected chi connectivity index (χ0v) is 10.1. The first-order valence-corrected chi connectivity index (χ1v) is 6.05. The fourth-order valence-corrected chi connectivity index (χ4v) is 2.05. The Kier molecular flexibility index (Phi) is 3.56. The molecular weight excluding hydrogens is 202 g/mol. The number of fused-ring (bicyclic) bond motifs is 1. The van der Waals surface area contributed by atoms with E-state index in [0.29, 0.717) is 5.92 Å². The van der Waals surface area contributed by atoms with Gasteiger partial charge in [-0.3, -0.25) is 4.90 Å². The van der Waals surface area contributed by atoms with Crippen molar-refractivity contribution in [3.8, 4) is 0 Å². The maximum absolute atomic E-state index is 6.17. The molecule has 1 aromatic rings. The second kappa shape index (κ2) is 4.93. The molecule has 5 nitrogen and oxygen atoms in total. The van der Waals surface area contributed by atoms with Crippen molar-refractivity contribution in [1.29, 1.82) is 0 Å². The summed E-state index contributed by atoms with van der Waals surface area (Å²) in [7, 11) is 0. The van der Waals surface area contributed by atoms with Gasteiger partial charge in [0, 0.05) is 25.7 Å². The summed E-state index contributed by atoms with van der Waals surface area (Å²) in [6, 6.07) is 0.263. The van der Waals surface area contributed by atoms with Gasteiger partial charge in [-0.15, -0.1) is 10.2 Å². The molecule has 0 aliphatic carbocycles. The quantitative estimate of drug-likeness (QED) is 0.806. The fraction of sp³-hybridized carbons (Fsp3) is 0.818. The fourth-order valence-electron chi connectivity index (χ4n) is 2.05. The standard InChI is InChI=1S/C11H21N5/c1-3-9(2)10(12)6-15-4-5-16-8-13-14-11(16)7-15/h8-10H,3-7,12H2,1-2H3. The maximum atomic E-state index is 6.17. The van der Waals surface area contributed by atoms with E-state index < -0.39 is 0 Å². The molecule has 0 aromatic carbocycles. The molecule has 2 heterocycles. The van der Waals surface area contributed by atoms with E-state index >= 15 is 0 Å². The van der Waals surface area contributed by atoms with Crippen LogP contribution in [0.3, 0.4) is 0 Å². The minimum Gasteiger partial charge on any atom is -0.326 e. The highest BCUT2D eigenvalue weighted by molar-refractivity contribution is 4.90. The molecule has 0 bridgehead atoms. The van der Waals surface area contributed by atoms with Gasteiger partial charge in [-0.1, -0.05) is 20.3 Å². The minimum absolute atomic E-state index is 0.263. The molecule has 1 aliphatic heterocycles. The third-order valence-corrected chi connectivity index (χ3v) is 3.56. The summed E-state index contributed by atoms with van der Waals surface area (Å²) in [6.45, 7) is 8.28. The van der Waals surface area contributed by atoms with Gasteiger partial charge >= 0.3 is 0 Å². The van der Waals surface area contributed by atoms with E-state index in [0.717, 1.165) is 38.4 Å². The van der Waals surface area contributed by atoms with Gasteiger partial charge in [0.25, 0.3) is 0 Å². The molecule has 2 rings (SSSR count). The van der Waals surface area contributed by atoms with Crippen molar-refractivity contribution in [2.75, 3.05) is 13.1 Å². The highest BCUT2D eigenvalue weighted by Crippen LogP contribution is 2.12. The highest BCUT2D eigenvalue weighted by atomic mass is 15.3. The summed E-state index contributed by atoms with van der Waals surface area (Å²) in [6.07, 6.45) is 2.95. The van der Waals surface area contributed by atoms with Crippen LogP contribution in [0.5, 0.6) is 0 Å². The summed E-state index contributed by atoms with van der Waals surface area (Å²) < 4.78 is 2.12. The molecule has 0 radical (unpaired) electrons. The molecule has 0 saturated carbocycles. The monoisotopic (exact) mass is 223 g/mol. The number of hydrogen-bond donors (Lipinski definition) is 1. The number of nitrogens with zero attached hydrogens (tertiary/aromatic N) is 4. The average Bonchev–Trinajstić information content (AvgIpc) is 2.75. The number of hydrogen-bond acceptors (Lipinski definition) is 4. The third-order valence-electron chi connectivity index (χ3n) is 3.56. The van der Waals surface area contributed by atoms with Crippen molar-refractivity contribution in [3.05, 3.63) is 12.2 Å². The van der Waals surface area contributed by atoms with Crippen LogP contribution in [0.15, 0.2) is 6.33 Å². The molecule has 0 fully saturated rings. The third kappa shape index (κ3) is 2.41. The minimum atomic E-state index is 0.263. The second-order valence-corrected chi connectivity index (χ2v) is 4.73. The molecule has 0 spiro atoms. The Balaban J connectivity index is 1.89. The lowest BCUT2D eigenvalue weighted by Crippen LogP contribution is -2.44. The summed E-state index contributed by atoms with van der Waals surface area (Å²) in [5.74, 6) is 1.64. The summed E-state index contributed by atoms with van der Waals surface area (Å²) in [5.41, 5.74) is 6.17. The van der Waals surface area contributed by atoms with Crippen LogP contribution >= 0.6 is 0 Å². The van der Waals surface area contributed by atoms with Crippen LogP contribution < -0.4 is 5.73 Å². The Hall–Kier alpha value is -0.940. The van der Waals surface area contributed by atoms with Crippen LogP contribution in [-0.2, 0) is 13.1 Å².